The topological polar surface area (TPSA) is 61.4 Å². The number of hydrogen-bond donors (Lipinski definition) is 3. The lowest BCUT2D eigenvalue weighted by atomic mass is 9.83. The van der Waals surface area contributed by atoms with Crippen molar-refractivity contribution in [1.82, 2.24) is 5.32 Å². The molecule has 0 heterocycles. The molecule has 1 saturated carbocycles. The molecular weight excluding hydrogens is 312 g/mol. The van der Waals surface area contributed by atoms with Crippen LogP contribution in [-0.4, -0.2) is 29.7 Å². The number of amides is 1. The summed E-state index contributed by atoms with van der Waals surface area (Å²) >= 11 is 0. The van der Waals surface area contributed by atoms with Gasteiger partial charge in [0.15, 0.2) is 0 Å². The second-order valence-corrected chi connectivity index (χ2v) is 7.68. The van der Waals surface area contributed by atoms with Crippen LogP contribution in [0.3, 0.4) is 0 Å². The normalized spacial score (nSPS) is 21.8. The molecule has 1 fully saturated rings. The maximum atomic E-state index is 12.2. The number of carbonyl (C=O) groups is 1. The van der Waals surface area contributed by atoms with Gasteiger partial charge in [-0.05, 0) is 70.5 Å². The SMILES string of the molecule is Cc1ccc(NC(=O)CC(C)NCCCC2CCCCC2O)c(C)c1. The van der Waals surface area contributed by atoms with Crippen LogP contribution in [0.2, 0.25) is 0 Å². The molecule has 1 amide bonds. The second-order valence-electron chi connectivity index (χ2n) is 7.68. The molecule has 0 aromatic heterocycles. The molecule has 4 heteroatoms. The van der Waals surface area contributed by atoms with Crippen molar-refractivity contribution in [2.45, 2.75) is 77.9 Å². The Balaban J connectivity index is 1.64. The van der Waals surface area contributed by atoms with Crippen molar-refractivity contribution < 1.29 is 9.90 Å². The van der Waals surface area contributed by atoms with E-state index in [1.165, 1.54) is 18.4 Å². The van der Waals surface area contributed by atoms with Crippen molar-refractivity contribution in [3.05, 3.63) is 29.3 Å². The van der Waals surface area contributed by atoms with Gasteiger partial charge in [-0.2, -0.15) is 0 Å². The van der Waals surface area contributed by atoms with Crippen LogP contribution in [-0.2, 0) is 4.79 Å². The molecule has 3 unspecified atom stereocenters. The maximum absolute atomic E-state index is 12.2. The van der Waals surface area contributed by atoms with E-state index in [0.29, 0.717) is 12.3 Å². The summed E-state index contributed by atoms with van der Waals surface area (Å²) in [6, 6.07) is 6.22. The van der Waals surface area contributed by atoms with Crippen molar-refractivity contribution in [1.29, 1.82) is 0 Å². The van der Waals surface area contributed by atoms with E-state index < -0.39 is 0 Å². The van der Waals surface area contributed by atoms with Crippen molar-refractivity contribution in [3.8, 4) is 0 Å². The molecule has 0 aliphatic heterocycles. The van der Waals surface area contributed by atoms with Crippen LogP contribution >= 0.6 is 0 Å². The van der Waals surface area contributed by atoms with Crippen LogP contribution in [0.25, 0.3) is 0 Å². The van der Waals surface area contributed by atoms with Gasteiger partial charge in [0.25, 0.3) is 0 Å². The number of hydrogen-bond acceptors (Lipinski definition) is 3. The molecule has 1 aliphatic rings. The van der Waals surface area contributed by atoms with Crippen molar-refractivity contribution in [2.24, 2.45) is 5.92 Å². The summed E-state index contributed by atoms with van der Waals surface area (Å²) in [6.45, 7) is 7.03. The Bertz CT molecular complexity index is 559. The van der Waals surface area contributed by atoms with Gasteiger partial charge in [-0.15, -0.1) is 0 Å². The Kier molecular flexibility index (Phi) is 7.91. The third kappa shape index (κ3) is 6.79. The molecule has 0 radical (unpaired) electrons. The minimum Gasteiger partial charge on any atom is -0.393 e. The van der Waals surface area contributed by atoms with Crippen LogP contribution < -0.4 is 10.6 Å². The molecule has 1 aromatic carbocycles. The number of anilines is 1. The van der Waals surface area contributed by atoms with E-state index in [9.17, 15) is 9.90 Å². The fourth-order valence-electron chi connectivity index (χ4n) is 3.74. The first-order chi connectivity index (χ1) is 12.0. The molecule has 0 bridgehead atoms. The van der Waals surface area contributed by atoms with E-state index in [-0.39, 0.29) is 18.1 Å². The Morgan fingerprint density at radius 3 is 2.76 bits per heavy atom. The van der Waals surface area contributed by atoms with Gasteiger partial charge in [-0.1, -0.05) is 30.5 Å². The first-order valence-electron chi connectivity index (χ1n) is 9.74. The number of aliphatic hydroxyl groups excluding tert-OH is 1. The van der Waals surface area contributed by atoms with E-state index in [0.717, 1.165) is 43.5 Å². The number of aliphatic hydroxyl groups is 1. The van der Waals surface area contributed by atoms with Crippen molar-refractivity contribution in [2.75, 3.05) is 11.9 Å². The van der Waals surface area contributed by atoms with Crippen molar-refractivity contribution in [3.63, 3.8) is 0 Å². The van der Waals surface area contributed by atoms with Gasteiger partial charge in [-0.3, -0.25) is 4.79 Å². The molecule has 0 saturated heterocycles. The highest BCUT2D eigenvalue weighted by Gasteiger charge is 2.22. The highest BCUT2D eigenvalue weighted by molar-refractivity contribution is 5.91. The van der Waals surface area contributed by atoms with Gasteiger partial charge < -0.3 is 15.7 Å². The summed E-state index contributed by atoms with van der Waals surface area (Å²) in [5.41, 5.74) is 3.20. The van der Waals surface area contributed by atoms with E-state index >= 15 is 0 Å². The second kappa shape index (κ2) is 9.93. The number of nitrogens with one attached hydrogen (secondary N) is 2. The summed E-state index contributed by atoms with van der Waals surface area (Å²) in [5, 5.41) is 16.4. The zero-order valence-corrected chi connectivity index (χ0v) is 16.0. The fourth-order valence-corrected chi connectivity index (χ4v) is 3.74. The van der Waals surface area contributed by atoms with Crippen LogP contribution in [0.15, 0.2) is 18.2 Å². The largest absolute Gasteiger partial charge is 0.393 e. The third-order valence-corrected chi connectivity index (χ3v) is 5.26. The zero-order chi connectivity index (χ0) is 18.2. The molecule has 0 spiro atoms. The lowest BCUT2D eigenvalue weighted by Gasteiger charge is -2.27. The van der Waals surface area contributed by atoms with Crippen LogP contribution in [0.1, 0.15) is 63.0 Å². The molecule has 2 rings (SSSR count). The number of carbonyl (C=O) groups excluding carboxylic acids is 1. The van der Waals surface area contributed by atoms with Gasteiger partial charge in [0.2, 0.25) is 5.91 Å². The first kappa shape index (κ1) is 19.9. The average molecular weight is 347 g/mol. The van der Waals surface area contributed by atoms with Gasteiger partial charge in [0.05, 0.1) is 6.10 Å². The quantitative estimate of drug-likeness (QED) is 0.625. The predicted octanol–water partition coefficient (Wildman–Crippen LogP) is 3.94. The standard InChI is InChI=1S/C21H34N2O2/c1-15-10-11-19(16(2)13-15)23-21(25)14-17(3)22-12-6-8-18-7-4-5-9-20(18)24/h10-11,13,17-18,20,22,24H,4-9,12,14H2,1-3H3,(H,23,25). The van der Waals surface area contributed by atoms with Crippen LogP contribution in [0, 0.1) is 19.8 Å². The summed E-state index contributed by atoms with van der Waals surface area (Å²) in [7, 11) is 0. The average Bonchev–Trinajstić information content (AvgIpc) is 2.55. The fraction of sp³-hybridized carbons (Fsp3) is 0.667. The molecule has 1 aromatic rings. The highest BCUT2D eigenvalue weighted by atomic mass is 16.3. The first-order valence-corrected chi connectivity index (χ1v) is 9.74. The molecule has 25 heavy (non-hydrogen) atoms. The Hall–Kier alpha value is -1.39. The van der Waals surface area contributed by atoms with Gasteiger partial charge in [0, 0.05) is 18.2 Å². The minimum absolute atomic E-state index is 0.0506. The monoisotopic (exact) mass is 346 g/mol. The Labute approximate surface area is 152 Å². The highest BCUT2D eigenvalue weighted by Crippen LogP contribution is 2.27. The summed E-state index contributed by atoms with van der Waals surface area (Å²) < 4.78 is 0. The molecular formula is C21H34N2O2. The Morgan fingerprint density at radius 1 is 1.28 bits per heavy atom. The van der Waals surface area contributed by atoms with E-state index in [4.69, 9.17) is 0 Å². The number of aryl methyl sites for hydroxylation is 2. The van der Waals surface area contributed by atoms with Gasteiger partial charge >= 0.3 is 0 Å². The minimum atomic E-state index is -0.102. The van der Waals surface area contributed by atoms with Crippen molar-refractivity contribution >= 4 is 11.6 Å². The summed E-state index contributed by atoms with van der Waals surface area (Å²) in [6.07, 6.45) is 7.06. The molecule has 1 aliphatic carbocycles. The lowest BCUT2D eigenvalue weighted by Crippen LogP contribution is -2.32. The van der Waals surface area contributed by atoms with Crippen LogP contribution in [0.5, 0.6) is 0 Å². The molecule has 4 nitrogen and oxygen atoms in total. The molecule has 140 valence electrons. The van der Waals surface area contributed by atoms with Gasteiger partial charge in [0.1, 0.15) is 0 Å². The van der Waals surface area contributed by atoms with E-state index in [1.54, 1.807) is 0 Å². The van der Waals surface area contributed by atoms with Gasteiger partial charge in [-0.25, -0.2) is 0 Å². The smallest absolute Gasteiger partial charge is 0.225 e. The maximum Gasteiger partial charge on any atom is 0.225 e. The third-order valence-electron chi connectivity index (χ3n) is 5.26. The molecule has 3 atom stereocenters. The summed E-state index contributed by atoms with van der Waals surface area (Å²) in [5.74, 6) is 0.522. The van der Waals surface area contributed by atoms with Crippen LogP contribution in [0.4, 0.5) is 5.69 Å². The number of benzene rings is 1. The summed E-state index contributed by atoms with van der Waals surface area (Å²) in [4.78, 5) is 12.2. The van der Waals surface area contributed by atoms with E-state index in [1.807, 2.05) is 19.1 Å². The zero-order valence-electron chi connectivity index (χ0n) is 16.0. The predicted molar refractivity (Wildman–Crippen MR) is 104 cm³/mol. The molecule has 3 N–H and O–H groups in total. The lowest BCUT2D eigenvalue weighted by molar-refractivity contribution is -0.116. The number of rotatable bonds is 8. The Morgan fingerprint density at radius 2 is 2.04 bits per heavy atom. The van der Waals surface area contributed by atoms with E-state index in [2.05, 4.69) is 30.5 Å².